The maximum atomic E-state index is 11.1. The Balaban J connectivity index is 1.58. The predicted octanol–water partition coefficient (Wildman–Crippen LogP) is 2.86. The maximum absolute atomic E-state index is 11.1. The van der Waals surface area contributed by atoms with Gasteiger partial charge in [0.1, 0.15) is 10.6 Å². The summed E-state index contributed by atoms with van der Waals surface area (Å²) in [7, 11) is 0. The molecular weight excluding hydrogens is 332 g/mol. The Labute approximate surface area is 154 Å². The molecule has 1 N–H and O–H groups in total. The minimum atomic E-state index is -0.779. The molecule has 5 nitrogen and oxygen atoms in total. The van der Waals surface area contributed by atoms with Gasteiger partial charge in [-0.1, -0.05) is 19.9 Å². The lowest BCUT2D eigenvalue weighted by molar-refractivity contribution is -0.0310. The molecule has 1 aliphatic rings. The first-order valence-corrected chi connectivity index (χ1v) is 10.0. The summed E-state index contributed by atoms with van der Waals surface area (Å²) in [6.45, 7) is 9.86. The van der Waals surface area contributed by atoms with Crippen molar-refractivity contribution in [1.29, 1.82) is 0 Å². The summed E-state index contributed by atoms with van der Waals surface area (Å²) in [4.78, 5) is 13.9. The fourth-order valence-corrected chi connectivity index (χ4v) is 4.22. The van der Waals surface area contributed by atoms with E-state index in [1.54, 1.807) is 11.3 Å². The van der Waals surface area contributed by atoms with E-state index in [1.165, 1.54) is 0 Å². The second-order valence-corrected chi connectivity index (χ2v) is 7.66. The second kappa shape index (κ2) is 8.36. The highest BCUT2D eigenvalue weighted by Crippen LogP contribution is 2.34. The summed E-state index contributed by atoms with van der Waals surface area (Å²) in [5.41, 5.74) is 1.17. The molecule has 6 heteroatoms. The number of nitrogens with zero attached hydrogens (tertiary/aromatic N) is 4. The van der Waals surface area contributed by atoms with Crippen LogP contribution in [0, 0.1) is 0 Å². The molecule has 0 amide bonds. The van der Waals surface area contributed by atoms with E-state index in [4.69, 9.17) is 4.98 Å². The number of hydrogen-bond donors (Lipinski definition) is 1. The lowest BCUT2D eigenvalue weighted by Crippen LogP contribution is -2.42. The lowest BCUT2D eigenvalue weighted by atomic mass is 9.89. The van der Waals surface area contributed by atoms with Gasteiger partial charge in [-0.3, -0.25) is 14.8 Å². The molecule has 3 heterocycles. The van der Waals surface area contributed by atoms with Gasteiger partial charge in [0.2, 0.25) is 0 Å². The van der Waals surface area contributed by atoms with Crippen molar-refractivity contribution in [3.05, 3.63) is 46.2 Å². The quantitative estimate of drug-likeness (QED) is 0.823. The van der Waals surface area contributed by atoms with Gasteiger partial charge >= 0.3 is 0 Å². The molecule has 1 aliphatic heterocycles. The number of pyridine rings is 1. The van der Waals surface area contributed by atoms with Crippen LogP contribution in [-0.4, -0.2) is 51.1 Å². The Morgan fingerprint density at radius 1 is 1.24 bits per heavy atom. The second-order valence-electron chi connectivity index (χ2n) is 6.72. The topological polar surface area (TPSA) is 52.5 Å². The molecule has 0 bridgehead atoms. The van der Waals surface area contributed by atoms with E-state index >= 15 is 0 Å². The molecule has 1 saturated heterocycles. The van der Waals surface area contributed by atoms with Gasteiger partial charge in [0.15, 0.2) is 0 Å². The van der Waals surface area contributed by atoms with Gasteiger partial charge in [-0.05, 0) is 38.1 Å². The number of aromatic nitrogens is 2. The highest BCUT2D eigenvalue weighted by molar-refractivity contribution is 7.09. The summed E-state index contributed by atoms with van der Waals surface area (Å²) in [6.07, 6.45) is 3.30. The van der Waals surface area contributed by atoms with Crippen LogP contribution >= 0.6 is 11.3 Å². The van der Waals surface area contributed by atoms with Crippen LogP contribution in [0.2, 0.25) is 0 Å². The Bertz CT molecular complexity index is 648. The summed E-state index contributed by atoms with van der Waals surface area (Å²) < 4.78 is 0. The van der Waals surface area contributed by atoms with Crippen LogP contribution < -0.4 is 0 Å². The number of hydrogen-bond acceptors (Lipinski definition) is 6. The summed E-state index contributed by atoms with van der Waals surface area (Å²) in [5.74, 6) is 0. The molecule has 0 spiro atoms. The average molecular weight is 361 g/mol. The summed E-state index contributed by atoms with van der Waals surface area (Å²) in [6, 6.07) is 6.02. The van der Waals surface area contributed by atoms with Crippen LogP contribution in [0.4, 0.5) is 0 Å². The van der Waals surface area contributed by atoms with Crippen molar-refractivity contribution in [2.75, 3.05) is 26.2 Å². The first kappa shape index (κ1) is 18.5. The summed E-state index contributed by atoms with van der Waals surface area (Å²) >= 11 is 1.67. The van der Waals surface area contributed by atoms with E-state index in [2.05, 4.69) is 34.7 Å². The van der Waals surface area contributed by atoms with Crippen molar-refractivity contribution in [3.8, 4) is 0 Å². The van der Waals surface area contributed by atoms with Crippen LogP contribution in [0.25, 0.3) is 0 Å². The van der Waals surface area contributed by atoms with Crippen molar-refractivity contribution in [2.24, 2.45) is 0 Å². The molecule has 2 aromatic rings. The average Bonchev–Trinajstić information content (AvgIpc) is 3.12. The number of thiazole rings is 1. The van der Waals surface area contributed by atoms with Gasteiger partial charge in [0, 0.05) is 31.2 Å². The molecule has 0 aliphatic carbocycles. The van der Waals surface area contributed by atoms with Crippen molar-refractivity contribution in [3.63, 3.8) is 0 Å². The van der Waals surface area contributed by atoms with Crippen molar-refractivity contribution < 1.29 is 5.11 Å². The molecular formula is C19H28N4OS. The van der Waals surface area contributed by atoms with Crippen LogP contribution in [0.1, 0.15) is 43.1 Å². The third-order valence-electron chi connectivity index (χ3n) is 5.08. The number of likely N-dealkylation sites (tertiary alicyclic amines) is 1. The van der Waals surface area contributed by atoms with Crippen LogP contribution in [0.15, 0.2) is 29.8 Å². The number of piperidine rings is 1. The largest absolute Gasteiger partial charge is 0.383 e. The molecule has 2 aromatic heterocycles. The third kappa shape index (κ3) is 4.64. The van der Waals surface area contributed by atoms with E-state index in [1.807, 2.05) is 23.7 Å². The zero-order valence-corrected chi connectivity index (χ0v) is 16.0. The van der Waals surface area contributed by atoms with Gasteiger partial charge in [-0.25, -0.2) is 4.98 Å². The fourth-order valence-electron chi connectivity index (χ4n) is 3.29. The first-order chi connectivity index (χ1) is 12.1. The van der Waals surface area contributed by atoms with Gasteiger partial charge in [-0.2, -0.15) is 0 Å². The molecule has 3 rings (SSSR count). The smallest absolute Gasteiger partial charge is 0.110 e. The Kier molecular flexibility index (Phi) is 6.17. The maximum Gasteiger partial charge on any atom is 0.110 e. The van der Waals surface area contributed by atoms with Crippen molar-refractivity contribution in [1.82, 2.24) is 19.8 Å². The highest BCUT2D eigenvalue weighted by atomic mass is 32.1. The van der Waals surface area contributed by atoms with Gasteiger partial charge in [-0.15, -0.1) is 11.3 Å². The first-order valence-electron chi connectivity index (χ1n) is 9.15. The normalized spacial score (nSPS) is 17.9. The zero-order chi connectivity index (χ0) is 17.7. The van der Waals surface area contributed by atoms with E-state index in [0.717, 1.165) is 68.5 Å². The van der Waals surface area contributed by atoms with Crippen molar-refractivity contribution >= 4 is 11.3 Å². The Morgan fingerprint density at radius 2 is 2.00 bits per heavy atom. The fraction of sp³-hybridized carbons (Fsp3) is 0.579. The van der Waals surface area contributed by atoms with E-state index in [0.29, 0.717) is 0 Å². The number of aliphatic hydroxyl groups is 1. The third-order valence-corrected chi connectivity index (χ3v) is 5.91. The van der Waals surface area contributed by atoms with Gasteiger partial charge in [0.25, 0.3) is 0 Å². The molecule has 0 aromatic carbocycles. The van der Waals surface area contributed by atoms with E-state index in [-0.39, 0.29) is 0 Å². The van der Waals surface area contributed by atoms with E-state index in [9.17, 15) is 5.11 Å². The minimum absolute atomic E-state index is 0.730. The van der Waals surface area contributed by atoms with Crippen LogP contribution in [0.5, 0.6) is 0 Å². The number of rotatable bonds is 7. The highest BCUT2D eigenvalue weighted by Gasteiger charge is 2.36. The standard InChI is InChI=1S/C19H28N4OS/c1-3-22(4-2)14-18-21-17(15-25-18)19(24)8-11-23(12-9-19)13-16-7-5-6-10-20-16/h5-7,10,15,24H,3-4,8-9,11-14H2,1-2H3. The monoisotopic (exact) mass is 360 g/mol. The molecule has 0 radical (unpaired) electrons. The SMILES string of the molecule is CCN(CC)Cc1nc(C2(O)CCN(Cc3ccccn3)CC2)cs1. The Hall–Kier alpha value is -1.34. The van der Waals surface area contributed by atoms with Crippen molar-refractivity contribution in [2.45, 2.75) is 45.4 Å². The van der Waals surface area contributed by atoms with Gasteiger partial charge < -0.3 is 5.11 Å². The Morgan fingerprint density at radius 3 is 2.64 bits per heavy atom. The van der Waals surface area contributed by atoms with Gasteiger partial charge in [0.05, 0.1) is 17.9 Å². The van der Waals surface area contributed by atoms with Crippen LogP contribution in [0.3, 0.4) is 0 Å². The predicted molar refractivity (Wildman–Crippen MR) is 101 cm³/mol. The molecule has 25 heavy (non-hydrogen) atoms. The summed E-state index contributed by atoms with van der Waals surface area (Å²) in [5, 5.41) is 14.2. The molecule has 0 atom stereocenters. The molecule has 0 unspecified atom stereocenters. The minimum Gasteiger partial charge on any atom is -0.383 e. The molecule has 136 valence electrons. The lowest BCUT2D eigenvalue weighted by Gasteiger charge is -2.37. The zero-order valence-electron chi connectivity index (χ0n) is 15.2. The molecule has 1 fully saturated rings. The van der Waals surface area contributed by atoms with E-state index < -0.39 is 5.60 Å². The molecule has 0 saturated carbocycles. The van der Waals surface area contributed by atoms with Crippen LogP contribution in [-0.2, 0) is 18.7 Å².